The first kappa shape index (κ1) is 6.52. The standard InChI is InChI=1S/C7H12N4/c1-10-3-6-7(8-4-10)9-5-11(6)2/h3H,4-5H2,1-2H3,(H,8,9). The lowest BCUT2D eigenvalue weighted by Crippen LogP contribution is -2.25. The van der Waals surface area contributed by atoms with Crippen LogP contribution in [0.1, 0.15) is 0 Å². The maximum Gasteiger partial charge on any atom is 0.149 e. The van der Waals surface area contributed by atoms with Gasteiger partial charge < -0.3 is 15.1 Å². The van der Waals surface area contributed by atoms with E-state index in [0.29, 0.717) is 0 Å². The fourth-order valence-corrected chi connectivity index (χ4v) is 1.28. The first-order valence-electron chi connectivity index (χ1n) is 3.69. The molecule has 0 aliphatic carbocycles. The fraction of sp³-hybridized carbons (Fsp3) is 0.571. The molecule has 0 atom stereocenters. The van der Waals surface area contributed by atoms with Gasteiger partial charge in [-0.3, -0.25) is 0 Å². The maximum absolute atomic E-state index is 4.34. The third kappa shape index (κ3) is 0.943. The summed E-state index contributed by atoms with van der Waals surface area (Å²) in [5.41, 5.74) is 1.19. The van der Waals surface area contributed by atoms with Crippen molar-refractivity contribution in [3.8, 4) is 0 Å². The van der Waals surface area contributed by atoms with Crippen LogP contribution in [-0.2, 0) is 0 Å². The monoisotopic (exact) mass is 152 g/mol. The molecule has 0 bridgehead atoms. The predicted molar refractivity (Wildman–Crippen MR) is 43.9 cm³/mol. The minimum absolute atomic E-state index is 0.764. The first-order valence-corrected chi connectivity index (χ1v) is 3.69. The van der Waals surface area contributed by atoms with E-state index < -0.39 is 0 Å². The second-order valence-electron chi connectivity index (χ2n) is 2.95. The first-order chi connectivity index (χ1) is 5.27. The Morgan fingerprint density at radius 3 is 3.18 bits per heavy atom. The van der Waals surface area contributed by atoms with Crippen molar-refractivity contribution in [2.24, 2.45) is 4.99 Å². The number of nitrogens with one attached hydrogen (secondary N) is 1. The predicted octanol–water partition coefficient (Wildman–Crippen LogP) is -0.378. The van der Waals surface area contributed by atoms with E-state index in [9.17, 15) is 0 Å². The van der Waals surface area contributed by atoms with E-state index in [-0.39, 0.29) is 0 Å². The van der Waals surface area contributed by atoms with Crippen LogP contribution in [-0.4, -0.2) is 43.1 Å². The molecule has 0 unspecified atom stereocenters. The molecule has 0 amide bonds. The molecule has 0 aromatic heterocycles. The van der Waals surface area contributed by atoms with E-state index in [1.807, 2.05) is 7.05 Å². The van der Waals surface area contributed by atoms with Crippen LogP contribution in [0.25, 0.3) is 0 Å². The topological polar surface area (TPSA) is 30.9 Å². The molecule has 2 heterocycles. The van der Waals surface area contributed by atoms with Gasteiger partial charge in [0.05, 0.1) is 12.4 Å². The van der Waals surface area contributed by atoms with Gasteiger partial charge in [0, 0.05) is 20.3 Å². The van der Waals surface area contributed by atoms with Gasteiger partial charge >= 0.3 is 0 Å². The Kier molecular flexibility index (Phi) is 1.27. The van der Waals surface area contributed by atoms with Gasteiger partial charge in [-0.25, -0.2) is 4.99 Å². The van der Waals surface area contributed by atoms with Crippen LogP contribution in [0.5, 0.6) is 0 Å². The van der Waals surface area contributed by atoms with Crippen LogP contribution < -0.4 is 5.32 Å². The number of rotatable bonds is 0. The Labute approximate surface area is 66.2 Å². The summed E-state index contributed by atoms with van der Waals surface area (Å²) in [5, 5.41) is 3.21. The van der Waals surface area contributed by atoms with Crippen molar-refractivity contribution < 1.29 is 0 Å². The molecule has 1 saturated heterocycles. The zero-order chi connectivity index (χ0) is 7.84. The SMILES string of the molecule is CN1C=C2C(=NC1)NCN2C. The highest BCUT2D eigenvalue weighted by Gasteiger charge is 2.22. The van der Waals surface area contributed by atoms with Gasteiger partial charge in [0.15, 0.2) is 0 Å². The fourth-order valence-electron chi connectivity index (χ4n) is 1.28. The molecule has 0 spiro atoms. The third-order valence-electron chi connectivity index (χ3n) is 1.93. The van der Waals surface area contributed by atoms with Crippen LogP contribution in [0.15, 0.2) is 16.9 Å². The second-order valence-corrected chi connectivity index (χ2v) is 2.95. The minimum atomic E-state index is 0.764. The van der Waals surface area contributed by atoms with Crippen LogP contribution in [0.4, 0.5) is 0 Å². The highest BCUT2D eigenvalue weighted by molar-refractivity contribution is 5.99. The summed E-state index contributed by atoms with van der Waals surface area (Å²) in [6.45, 7) is 1.64. The lowest BCUT2D eigenvalue weighted by Gasteiger charge is -2.20. The summed E-state index contributed by atoms with van der Waals surface area (Å²) in [6.07, 6.45) is 2.11. The Morgan fingerprint density at radius 2 is 2.36 bits per heavy atom. The molecule has 2 aliphatic heterocycles. The van der Waals surface area contributed by atoms with E-state index in [4.69, 9.17) is 0 Å². The number of hydrogen-bond acceptors (Lipinski definition) is 4. The van der Waals surface area contributed by atoms with Gasteiger partial charge in [-0.1, -0.05) is 0 Å². The zero-order valence-electron chi connectivity index (χ0n) is 6.83. The Balaban J connectivity index is 2.30. The van der Waals surface area contributed by atoms with E-state index in [1.54, 1.807) is 0 Å². The van der Waals surface area contributed by atoms with Crippen LogP contribution in [0, 0.1) is 0 Å². The molecule has 60 valence electrons. The smallest absolute Gasteiger partial charge is 0.149 e. The summed E-state index contributed by atoms with van der Waals surface area (Å²) in [5.74, 6) is 1.03. The highest BCUT2D eigenvalue weighted by Crippen LogP contribution is 2.13. The molecule has 4 heteroatoms. The largest absolute Gasteiger partial charge is 0.359 e. The lowest BCUT2D eigenvalue weighted by molar-refractivity contribution is 0.422. The average molecular weight is 152 g/mol. The summed E-state index contributed by atoms with van der Waals surface area (Å²) in [6, 6.07) is 0. The number of amidine groups is 1. The molecule has 11 heavy (non-hydrogen) atoms. The normalized spacial score (nSPS) is 22.4. The number of fused-ring (bicyclic) bond motifs is 1. The van der Waals surface area contributed by atoms with Gasteiger partial charge in [-0.05, 0) is 0 Å². The molecule has 0 saturated carbocycles. The maximum atomic E-state index is 4.34. The summed E-state index contributed by atoms with van der Waals surface area (Å²) >= 11 is 0. The van der Waals surface area contributed by atoms with Gasteiger partial charge in [-0.2, -0.15) is 0 Å². The van der Waals surface area contributed by atoms with Crippen molar-refractivity contribution in [3.63, 3.8) is 0 Å². The van der Waals surface area contributed by atoms with Crippen molar-refractivity contribution >= 4 is 5.84 Å². The number of aliphatic imine (C=N–C) groups is 1. The number of likely N-dealkylation sites (N-methyl/N-ethyl adjacent to an activating group) is 1. The molecular weight excluding hydrogens is 140 g/mol. The molecular formula is C7H12N4. The van der Waals surface area contributed by atoms with E-state index in [1.165, 1.54) is 5.70 Å². The van der Waals surface area contributed by atoms with E-state index >= 15 is 0 Å². The lowest BCUT2D eigenvalue weighted by atomic mass is 10.4. The van der Waals surface area contributed by atoms with Crippen molar-refractivity contribution in [1.29, 1.82) is 0 Å². The number of nitrogens with zero attached hydrogens (tertiary/aromatic N) is 3. The Hall–Kier alpha value is -1.19. The molecule has 2 rings (SSSR count). The molecule has 0 aromatic rings. The molecule has 1 N–H and O–H groups in total. The van der Waals surface area contributed by atoms with Crippen molar-refractivity contribution in [2.45, 2.75) is 0 Å². The van der Waals surface area contributed by atoms with Gasteiger partial charge in [0.2, 0.25) is 0 Å². The van der Waals surface area contributed by atoms with E-state index in [0.717, 1.165) is 19.2 Å². The molecule has 4 nitrogen and oxygen atoms in total. The highest BCUT2D eigenvalue weighted by atomic mass is 15.3. The zero-order valence-corrected chi connectivity index (χ0v) is 6.83. The molecule has 2 aliphatic rings. The quantitative estimate of drug-likeness (QED) is 0.513. The molecule has 0 radical (unpaired) electrons. The molecule has 1 fully saturated rings. The van der Waals surface area contributed by atoms with Crippen molar-refractivity contribution in [2.75, 3.05) is 27.4 Å². The summed E-state index contributed by atoms with van der Waals surface area (Å²) < 4.78 is 0. The van der Waals surface area contributed by atoms with Crippen molar-refractivity contribution in [3.05, 3.63) is 11.9 Å². The number of hydrogen-bond donors (Lipinski definition) is 1. The average Bonchev–Trinajstić information content (AvgIpc) is 2.33. The van der Waals surface area contributed by atoms with Gasteiger partial charge in [0.25, 0.3) is 0 Å². The summed E-state index contributed by atoms with van der Waals surface area (Å²) in [4.78, 5) is 8.56. The van der Waals surface area contributed by atoms with Gasteiger partial charge in [0.1, 0.15) is 12.5 Å². The van der Waals surface area contributed by atoms with E-state index in [2.05, 4.69) is 33.4 Å². The Bertz CT molecular complexity index is 231. The van der Waals surface area contributed by atoms with Crippen molar-refractivity contribution in [1.82, 2.24) is 15.1 Å². The molecule has 0 aromatic carbocycles. The van der Waals surface area contributed by atoms with Crippen LogP contribution >= 0.6 is 0 Å². The second kappa shape index (κ2) is 2.15. The summed E-state index contributed by atoms with van der Waals surface area (Å²) in [7, 11) is 4.08. The minimum Gasteiger partial charge on any atom is -0.359 e. The third-order valence-corrected chi connectivity index (χ3v) is 1.93. The van der Waals surface area contributed by atoms with Crippen LogP contribution in [0.2, 0.25) is 0 Å². The Morgan fingerprint density at radius 1 is 1.55 bits per heavy atom. The van der Waals surface area contributed by atoms with Gasteiger partial charge in [-0.15, -0.1) is 0 Å². The van der Waals surface area contributed by atoms with Crippen LogP contribution in [0.3, 0.4) is 0 Å².